The van der Waals surface area contributed by atoms with Gasteiger partial charge in [0.2, 0.25) is 0 Å². The van der Waals surface area contributed by atoms with E-state index in [1.807, 2.05) is 60.7 Å². The molecule has 0 fully saturated rings. The van der Waals surface area contributed by atoms with Crippen molar-refractivity contribution in [3.8, 4) is 11.8 Å². The van der Waals surface area contributed by atoms with Crippen LogP contribution in [0.4, 0.5) is 0 Å². The molecule has 0 spiro atoms. The zero-order valence-electron chi connectivity index (χ0n) is 18.2. The van der Waals surface area contributed by atoms with Crippen LogP contribution >= 0.6 is 0 Å². The van der Waals surface area contributed by atoms with Crippen LogP contribution in [-0.4, -0.2) is 24.3 Å². The van der Waals surface area contributed by atoms with Crippen LogP contribution in [0, 0.1) is 11.8 Å². The predicted molar refractivity (Wildman–Crippen MR) is 130 cm³/mol. The summed E-state index contributed by atoms with van der Waals surface area (Å²) in [5.74, 6) is 4.96. The molecule has 2 heterocycles. The zero-order valence-corrected chi connectivity index (χ0v) is 19.0. The van der Waals surface area contributed by atoms with Gasteiger partial charge in [0.1, 0.15) is 5.65 Å². The largest absolute Gasteiger partial charge is 0.346 e. The highest BCUT2D eigenvalue weighted by Crippen LogP contribution is 2.15. The molecular weight excluding hydrogens is 450 g/mol. The molecule has 4 rings (SSSR count). The van der Waals surface area contributed by atoms with Gasteiger partial charge in [-0.3, -0.25) is 4.79 Å². The third kappa shape index (κ3) is 6.30. The minimum Gasteiger partial charge on any atom is -0.346 e. The maximum absolute atomic E-state index is 12.5. The van der Waals surface area contributed by atoms with Gasteiger partial charge in [-0.1, -0.05) is 48.4 Å². The van der Waals surface area contributed by atoms with Crippen LogP contribution < -0.4 is 14.8 Å². The van der Waals surface area contributed by atoms with Crippen LogP contribution in [-0.2, 0) is 34.6 Å². The quantitative estimate of drug-likeness (QED) is 0.294. The van der Waals surface area contributed by atoms with Crippen molar-refractivity contribution in [3.05, 3.63) is 101 Å². The lowest BCUT2D eigenvalue weighted by molar-refractivity contribution is -0.115. The fraction of sp³-hybridized carbons (Fsp3) is 0.120. The molecule has 0 saturated heterocycles. The van der Waals surface area contributed by atoms with Gasteiger partial charge in [0.15, 0.2) is 0 Å². The first kappa shape index (κ1) is 23.2. The molecular formula is C25H23N5O3S. The smallest absolute Gasteiger partial charge is 0.296 e. The van der Waals surface area contributed by atoms with E-state index in [9.17, 15) is 13.2 Å². The number of benzene rings is 2. The average Bonchev–Trinajstić information content (AvgIpc) is 3.34. The van der Waals surface area contributed by atoms with E-state index in [0.29, 0.717) is 5.65 Å². The fourth-order valence-electron chi connectivity index (χ4n) is 3.34. The van der Waals surface area contributed by atoms with E-state index < -0.39 is 16.1 Å². The van der Waals surface area contributed by atoms with E-state index in [4.69, 9.17) is 0 Å². The van der Waals surface area contributed by atoms with Gasteiger partial charge < -0.3 is 10.3 Å². The molecule has 4 aromatic rings. The number of hydrogen-bond donors (Lipinski definition) is 4. The van der Waals surface area contributed by atoms with Crippen LogP contribution in [0.5, 0.6) is 0 Å². The van der Waals surface area contributed by atoms with Crippen molar-refractivity contribution in [2.75, 3.05) is 0 Å². The lowest BCUT2D eigenvalue weighted by Crippen LogP contribution is -2.36. The first-order chi connectivity index (χ1) is 16.5. The van der Waals surface area contributed by atoms with Crippen molar-refractivity contribution in [2.24, 2.45) is 0 Å². The first-order valence-electron chi connectivity index (χ1n) is 10.6. The summed E-state index contributed by atoms with van der Waals surface area (Å²) in [6.45, 7) is 0.438. The minimum atomic E-state index is -3.76. The molecule has 0 aliphatic carbocycles. The number of hydrogen-bond acceptors (Lipinski definition) is 4. The summed E-state index contributed by atoms with van der Waals surface area (Å²) < 4.78 is 30.2. The van der Waals surface area contributed by atoms with Crippen LogP contribution in [0.2, 0.25) is 0 Å². The Morgan fingerprint density at radius 2 is 1.53 bits per heavy atom. The summed E-state index contributed by atoms with van der Waals surface area (Å²) in [5.41, 5.74) is 3.82. The molecule has 1 amide bonds. The van der Waals surface area contributed by atoms with Crippen molar-refractivity contribution in [3.63, 3.8) is 0 Å². The number of H-pyrrole nitrogens is 1. The summed E-state index contributed by atoms with van der Waals surface area (Å²) in [7, 11) is -3.76. The molecule has 0 radical (unpaired) electrons. The van der Waals surface area contributed by atoms with Gasteiger partial charge in [-0.2, -0.15) is 17.9 Å². The fourth-order valence-corrected chi connectivity index (χ4v) is 4.13. The molecule has 9 heteroatoms. The molecule has 0 atom stereocenters. The summed E-state index contributed by atoms with van der Waals surface area (Å²) in [4.78, 5) is 19.3. The molecule has 0 aliphatic heterocycles. The van der Waals surface area contributed by atoms with E-state index in [2.05, 4.69) is 36.6 Å². The predicted octanol–water partition coefficient (Wildman–Crippen LogP) is 2.35. The third-order valence-corrected chi connectivity index (χ3v) is 6.16. The van der Waals surface area contributed by atoms with E-state index in [1.165, 1.54) is 0 Å². The maximum Gasteiger partial charge on any atom is 0.296 e. The number of aromatic nitrogens is 2. The van der Waals surface area contributed by atoms with E-state index in [-0.39, 0.29) is 19.6 Å². The van der Waals surface area contributed by atoms with Gasteiger partial charge in [-0.15, -0.1) is 0 Å². The Morgan fingerprint density at radius 3 is 2.29 bits per heavy atom. The highest BCUT2D eigenvalue weighted by Gasteiger charge is 2.12. The van der Waals surface area contributed by atoms with Gasteiger partial charge in [-0.05, 0) is 41.0 Å². The molecule has 0 bridgehead atoms. The lowest BCUT2D eigenvalue weighted by atomic mass is 10.1. The molecule has 172 valence electrons. The van der Waals surface area contributed by atoms with Gasteiger partial charge in [0.05, 0.1) is 0 Å². The van der Waals surface area contributed by atoms with Crippen molar-refractivity contribution in [2.45, 2.75) is 19.6 Å². The number of nitrogens with one attached hydrogen (secondary N) is 4. The van der Waals surface area contributed by atoms with Crippen molar-refractivity contribution >= 4 is 27.1 Å². The van der Waals surface area contributed by atoms with Gasteiger partial charge in [0.25, 0.3) is 16.1 Å². The van der Waals surface area contributed by atoms with E-state index in [0.717, 1.165) is 27.6 Å². The second kappa shape index (κ2) is 10.8. The maximum atomic E-state index is 12.5. The number of nitrogens with zero attached hydrogens (tertiary/aromatic N) is 1. The molecule has 0 aliphatic rings. The lowest BCUT2D eigenvalue weighted by Gasteiger charge is -2.12. The zero-order chi connectivity index (χ0) is 23.8. The Morgan fingerprint density at radius 1 is 0.853 bits per heavy atom. The number of carbonyl (C=O) groups is 1. The van der Waals surface area contributed by atoms with Crippen molar-refractivity contribution in [1.29, 1.82) is 0 Å². The van der Waals surface area contributed by atoms with Crippen LogP contribution in [0.15, 0.2) is 79.1 Å². The molecule has 2 aromatic heterocycles. The summed E-state index contributed by atoms with van der Waals surface area (Å²) in [6, 6.07) is 20.2. The van der Waals surface area contributed by atoms with Crippen molar-refractivity contribution < 1.29 is 13.2 Å². The molecule has 8 nitrogen and oxygen atoms in total. The molecule has 0 saturated carbocycles. The SMILES string of the molecule is O=C(C#Cc1ccccc1)NCc1ccccc1CNS(=O)(=O)NCc1ccnc2[nH]ccc12. The number of pyridine rings is 1. The third-order valence-electron chi connectivity index (χ3n) is 5.11. The topological polar surface area (TPSA) is 116 Å². The normalized spacial score (nSPS) is 11.1. The molecule has 0 unspecified atom stereocenters. The monoisotopic (exact) mass is 473 g/mol. The van der Waals surface area contributed by atoms with Gasteiger partial charge >= 0.3 is 0 Å². The van der Waals surface area contributed by atoms with Gasteiger partial charge in [0, 0.05) is 48.9 Å². The Labute approximate surface area is 198 Å². The standard InChI is InChI=1S/C25H23N5O3S/c31-24(11-10-19-6-2-1-3-7-19)28-16-20-8-4-5-9-21(20)17-29-34(32,33)30-18-22-12-14-26-25-23(22)13-15-27-25/h1-9,12-15,29-30H,16-18H2,(H,26,27)(H,28,31). The minimum absolute atomic E-state index is 0.0764. The van der Waals surface area contributed by atoms with E-state index >= 15 is 0 Å². The Kier molecular flexibility index (Phi) is 7.34. The number of rotatable bonds is 8. The molecule has 34 heavy (non-hydrogen) atoms. The van der Waals surface area contributed by atoms with Crippen LogP contribution in [0.3, 0.4) is 0 Å². The number of fused-ring (bicyclic) bond motifs is 1. The van der Waals surface area contributed by atoms with Crippen LogP contribution in [0.25, 0.3) is 11.0 Å². The molecule has 4 N–H and O–H groups in total. The summed E-state index contributed by atoms with van der Waals surface area (Å²) in [6.07, 6.45) is 3.39. The second-order valence-corrected chi connectivity index (χ2v) is 9.01. The summed E-state index contributed by atoms with van der Waals surface area (Å²) in [5, 5.41) is 3.62. The highest BCUT2D eigenvalue weighted by atomic mass is 32.2. The number of aromatic amines is 1. The average molecular weight is 474 g/mol. The number of carbonyl (C=O) groups excluding carboxylic acids is 1. The van der Waals surface area contributed by atoms with E-state index in [1.54, 1.807) is 18.5 Å². The van der Waals surface area contributed by atoms with Crippen LogP contribution in [0.1, 0.15) is 22.3 Å². The molecule has 2 aromatic carbocycles. The van der Waals surface area contributed by atoms with Crippen molar-refractivity contribution in [1.82, 2.24) is 24.7 Å². The Bertz CT molecular complexity index is 1450. The summed E-state index contributed by atoms with van der Waals surface area (Å²) >= 11 is 0. The number of amides is 1. The Balaban J connectivity index is 1.33. The Hall–Kier alpha value is -3.97. The second-order valence-electron chi connectivity index (χ2n) is 7.42. The van der Waals surface area contributed by atoms with Gasteiger partial charge in [-0.25, -0.2) is 4.98 Å². The first-order valence-corrected chi connectivity index (χ1v) is 12.1. The highest BCUT2D eigenvalue weighted by molar-refractivity contribution is 7.87.